The van der Waals surface area contributed by atoms with E-state index in [1.165, 1.54) is 25.6 Å². The summed E-state index contributed by atoms with van der Waals surface area (Å²) in [5.74, 6) is -0.235. The van der Waals surface area contributed by atoms with Gasteiger partial charge in [-0.15, -0.1) is 0 Å². The van der Waals surface area contributed by atoms with E-state index in [1.807, 2.05) is 31.2 Å². The predicted molar refractivity (Wildman–Crippen MR) is 146 cm³/mol. The summed E-state index contributed by atoms with van der Waals surface area (Å²) in [6.07, 6.45) is 0. The molecule has 0 unspecified atom stereocenters. The number of methoxy groups -OCH3 is 3. The second kappa shape index (κ2) is 9.93. The summed E-state index contributed by atoms with van der Waals surface area (Å²) >= 11 is 0. The molecule has 5 rings (SSSR count). The first-order valence-electron chi connectivity index (χ1n) is 12.0. The molecule has 0 aromatic heterocycles. The minimum absolute atomic E-state index is 0.0400. The van der Waals surface area contributed by atoms with Crippen molar-refractivity contribution in [3.05, 3.63) is 99.3 Å². The average molecular weight is 546 g/mol. The van der Waals surface area contributed by atoms with E-state index in [-0.39, 0.29) is 28.7 Å². The van der Waals surface area contributed by atoms with E-state index < -0.39 is 15.9 Å². The highest BCUT2D eigenvalue weighted by molar-refractivity contribution is 7.96. The number of aryl methyl sites for hydroxylation is 1. The van der Waals surface area contributed by atoms with E-state index in [0.717, 1.165) is 11.1 Å². The topological polar surface area (TPSA) is 124 Å². The van der Waals surface area contributed by atoms with Gasteiger partial charge in [-0.1, -0.05) is 36.4 Å². The summed E-state index contributed by atoms with van der Waals surface area (Å²) in [4.78, 5) is -0.0881. The standard InChI is InChI=1S/C29H27N3O6S/c1-17-9-5-6-10-18(17)16-32-22-12-8-7-11-20(22)26-28(39(32,33)34)25(21(15-30)29(31)38-26)19-13-23(35-2)27(37-4)24(14-19)36-3/h5-14,25H,16,31H2,1-4H3/t25-/m0/s1. The number of para-hydroxylation sites is 1. The Hall–Kier alpha value is -4.62. The van der Waals surface area contributed by atoms with Crippen LogP contribution in [0.1, 0.15) is 28.2 Å². The van der Waals surface area contributed by atoms with Crippen LogP contribution in [0.25, 0.3) is 5.76 Å². The quantitative estimate of drug-likeness (QED) is 0.479. The molecule has 2 heterocycles. The summed E-state index contributed by atoms with van der Waals surface area (Å²) in [7, 11) is 0.157. The SMILES string of the molecule is COc1cc([C@H]2C(C#N)=C(N)OC3=C2S(=O)(=O)N(Cc2ccccc2C)c2ccccc23)cc(OC)c1OC. The van der Waals surface area contributed by atoms with Crippen molar-refractivity contribution < 1.29 is 27.4 Å². The van der Waals surface area contributed by atoms with Crippen LogP contribution >= 0.6 is 0 Å². The number of nitrogens with zero attached hydrogens (tertiary/aromatic N) is 2. The lowest BCUT2D eigenvalue weighted by atomic mass is 9.87. The number of rotatable bonds is 6. The first-order chi connectivity index (χ1) is 18.8. The maximum atomic E-state index is 14.5. The minimum atomic E-state index is -4.24. The number of nitriles is 1. The third-order valence-electron chi connectivity index (χ3n) is 6.95. The Morgan fingerprint density at radius 3 is 2.26 bits per heavy atom. The highest BCUT2D eigenvalue weighted by Crippen LogP contribution is 2.53. The van der Waals surface area contributed by atoms with E-state index in [0.29, 0.717) is 34.1 Å². The molecule has 0 saturated carbocycles. The Kier molecular flexibility index (Phi) is 6.62. The van der Waals surface area contributed by atoms with Gasteiger partial charge in [-0.05, 0) is 47.9 Å². The molecule has 0 fully saturated rings. The zero-order valence-corrected chi connectivity index (χ0v) is 22.7. The molecule has 3 aromatic rings. The lowest BCUT2D eigenvalue weighted by Gasteiger charge is -2.38. The summed E-state index contributed by atoms with van der Waals surface area (Å²) < 4.78 is 52.8. The second-order valence-electron chi connectivity index (χ2n) is 9.03. The third kappa shape index (κ3) is 4.11. The molecule has 10 heteroatoms. The largest absolute Gasteiger partial charge is 0.493 e. The van der Waals surface area contributed by atoms with Gasteiger partial charge in [0, 0.05) is 5.56 Å². The van der Waals surface area contributed by atoms with Crippen molar-refractivity contribution in [2.24, 2.45) is 5.73 Å². The van der Waals surface area contributed by atoms with Crippen LogP contribution in [0.3, 0.4) is 0 Å². The van der Waals surface area contributed by atoms with Crippen LogP contribution in [0.15, 0.2) is 77.0 Å². The number of fused-ring (bicyclic) bond motifs is 2. The molecule has 200 valence electrons. The average Bonchev–Trinajstić information content (AvgIpc) is 2.94. The lowest BCUT2D eigenvalue weighted by molar-refractivity contribution is 0.323. The molecule has 2 aliphatic rings. The van der Waals surface area contributed by atoms with Crippen molar-refractivity contribution in [3.63, 3.8) is 0 Å². The van der Waals surface area contributed by atoms with Gasteiger partial charge in [0.1, 0.15) is 16.5 Å². The van der Waals surface area contributed by atoms with Gasteiger partial charge in [-0.2, -0.15) is 5.26 Å². The van der Waals surface area contributed by atoms with E-state index in [2.05, 4.69) is 6.07 Å². The maximum absolute atomic E-state index is 14.5. The molecule has 0 radical (unpaired) electrons. The lowest BCUT2D eigenvalue weighted by Crippen LogP contribution is -2.39. The molecule has 9 nitrogen and oxygen atoms in total. The zero-order chi connectivity index (χ0) is 27.9. The molecule has 39 heavy (non-hydrogen) atoms. The van der Waals surface area contributed by atoms with E-state index in [9.17, 15) is 13.7 Å². The number of allylic oxidation sites excluding steroid dienone is 2. The van der Waals surface area contributed by atoms with Crippen LogP contribution in [-0.4, -0.2) is 29.7 Å². The highest BCUT2D eigenvalue weighted by Gasteiger charge is 2.47. The van der Waals surface area contributed by atoms with E-state index in [1.54, 1.807) is 36.4 Å². The number of nitrogens with two attached hydrogens (primary N) is 1. The number of hydrogen-bond acceptors (Lipinski definition) is 8. The first-order valence-corrected chi connectivity index (χ1v) is 13.5. The van der Waals surface area contributed by atoms with Crippen LogP contribution in [0.4, 0.5) is 5.69 Å². The maximum Gasteiger partial charge on any atom is 0.265 e. The zero-order valence-electron chi connectivity index (χ0n) is 21.9. The third-order valence-corrected chi connectivity index (χ3v) is 8.84. The van der Waals surface area contributed by atoms with Gasteiger partial charge in [-0.3, -0.25) is 4.31 Å². The van der Waals surface area contributed by atoms with Crippen LogP contribution < -0.4 is 24.2 Å². The predicted octanol–water partition coefficient (Wildman–Crippen LogP) is 4.55. The van der Waals surface area contributed by atoms with Gasteiger partial charge < -0.3 is 24.7 Å². The molecule has 2 N–H and O–H groups in total. The number of hydrogen-bond donors (Lipinski definition) is 1. The van der Waals surface area contributed by atoms with Crippen molar-refractivity contribution in [2.75, 3.05) is 25.6 Å². The van der Waals surface area contributed by atoms with Gasteiger partial charge >= 0.3 is 0 Å². The fourth-order valence-corrected chi connectivity index (χ4v) is 6.93. The number of ether oxygens (including phenoxy) is 4. The van der Waals surface area contributed by atoms with Crippen molar-refractivity contribution in [2.45, 2.75) is 19.4 Å². The molecule has 0 saturated heterocycles. The fraction of sp³-hybridized carbons (Fsp3) is 0.207. The van der Waals surface area contributed by atoms with E-state index in [4.69, 9.17) is 24.7 Å². The van der Waals surface area contributed by atoms with Crippen molar-refractivity contribution in [3.8, 4) is 23.3 Å². The fourth-order valence-electron chi connectivity index (χ4n) is 5.02. The van der Waals surface area contributed by atoms with Crippen LogP contribution in [0.5, 0.6) is 17.2 Å². The highest BCUT2D eigenvalue weighted by atomic mass is 32.2. The Morgan fingerprint density at radius 1 is 1.00 bits per heavy atom. The Bertz CT molecular complexity index is 1660. The first kappa shape index (κ1) is 26.0. The van der Waals surface area contributed by atoms with Crippen LogP contribution in [0.2, 0.25) is 0 Å². The van der Waals surface area contributed by atoms with Crippen molar-refractivity contribution >= 4 is 21.5 Å². The normalized spacial score (nSPS) is 17.5. The van der Waals surface area contributed by atoms with Gasteiger partial charge in [0.25, 0.3) is 10.0 Å². The van der Waals surface area contributed by atoms with Crippen LogP contribution in [0, 0.1) is 18.3 Å². The summed E-state index contributed by atoms with van der Waals surface area (Å²) in [5.41, 5.74) is 9.43. The number of benzene rings is 3. The smallest absolute Gasteiger partial charge is 0.265 e. The molecule has 1 atom stereocenters. The van der Waals surface area contributed by atoms with E-state index >= 15 is 0 Å². The molecule has 0 spiro atoms. The molecule has 2 aliphatic heterocycles. The molecule has 0 aliphatic carbocycles. The molecule has 3 aromatic carbocycles. The second-order valence-corrected chi connectivity index (χ2v) is 10.9. The Morgan fingerprint density at radius 2 is 1.64 bits per heavy atom. The summed E-state index contributed by atoms with van der Waals surface area (Å²) in [6.45, 7) is 2.02. The Labute approximate surface area is 227 Å². The van der Waals surface area contributed by atoms with Gasteiger partial charge in [0.05, 0.1) is 39.5 Å². The van der Waals surface area contributed by atoms with Gasteiger partial charge in [-0.25, -0.2) is 8.42 Å². The molecule has 0 bridgehead atoms. The van der Waals surface area contributed by atoms with Crippen LogP contribution in [-0.2, 0) is 21.3 Å². The monoisotopic (exact) mass is 545 g/mol. The summed E-state index contributed by atoms with van der Waals surface area (Å²) in [5, 5.41) is 10.2. The number of anilines is 1. The van der Waals surface area contributed by atoms with Crippen molar-refractivity contribution in [1.82, 2.24) is 0 Å². The number of sulfonamides is 1. The minimum Gasteiger partial charge on any atom is -0.493 e. The molecule has 0 amide bonds. The molecular weight excluding hydrogens is 518 g/mol. The Balaban J connectivity index is 1.80. The van der Waals surface area contributed by atoms with Crippen molar-refractivity contribution in [1.29, 1.82) is 5.26 Å². The molecular formula is C29H27N3O6S. The summed E-state index contributed by atoms with van der Waals surface area (Å²) in [6, 6.07) is 20.0. The van der Waals surface area contributed by atoms with Gasteiger partial charge in [0.15, 0.2) is 17.3 Å². The van der Waals surface area contributed by atoms with Gasteiger partial charge in [0.2, 0.25) is 11.6 Å².